The Morgan fingerprint density at radius 1 is 1.24 bits per heavy atom. The van der Waals surface area contributed by atoms with E-state index in [0.717, 1.165) is 6.04 Å². The van der Waals surface area contributed by atoms with Crippen LogP contribution < -0.4 is 5.73 Å². The molecule has 17 heavy (non-hydrogen) atoms. The van der Waals surface area contributed by atoms with Crippen molar-refractivity contribution in [2.45, 2.75) is 56.5 Å². The fraction of sp³-hybridized carbons (Fsp3) is 1.00. The Kier molecular flexibility index (Phi) is 4.45. The van der Waals surface area contributed by atoms with Crippen molar-refractivity contribution in [1.82, 2.24) is 9.80 Å². The first-order chi connectivity index (χ1) is 8.09. The summed E-state index contributed by atoms with van der Waals surface area (Å²) < 4.78 is 0. The molecule has 0 bridgehead atoms. The minimum Gasteiger partial charge on any atom is -0.325 e. The van der Waals surface area contributed by atoms with Gasteiger partial charge in [-0.25, -0.2) is 0 Å². The third-order valence-electron chi connectivity index (χ3n) is 4.74. The van der Waals surface area contributed by atoms with Gasteiger partial charge in [0, 0.05) is 18.1 Å². The molecular weight excluding hydrogens is 210 g/mol. The lowest BCUT2D eigenvalue weighted by Gasteiger charge is -2.37. The Morgan fingerprint density at radius 3 is 2.59 bits per heavy atom. The van der Waals surface area contributed by atoms with Crippen molar-refractivity contribution in [2.24, 2.45) is 5.73 Å². The summed E-state index contributed by atoms with van der Waals surface area (Å²) >= 11 is 0. The van der Waals surface area contributed by atoms with Gasteiger partial charge in [0.25, 0.3) is 0 Å². The van der Waals surface area contributed by atoms with Crippen molar-refractivity contribution in [3.05, 3.63) is 0 Å². The zero-order valence-electron chi connectivity index (χ0n) is 11.6. The average Bonchev–Trinajstić information content (AvgIpc) is 2.75. The maximum atomic E-state index is 6.43. The second-order valence-electron chi connectivity index (χ2n) is 6.38. The number of nitrogens with two attached hydrogens (primary N) is 1. The maximum Gasteiger partial charge on any atom is 0.0217 e. The van der Waals surface area contributed by atoms with Gasteiger partial charge in [-0.05, 0) is 59.3 Å². The van der Waals surface area contributed by atoms with Crippen LogP contribution in [0, 0.1) is 0 Å². The van der Waals surface area contributed by atoms with Gasteiger partial charge in [-0.15, -0.1) is 0 Å². The van der Waals surface area contributed by atoms with Crippen molar-refractivity contribution in [3.8, 4) is 0 Å². The molecule has 0 aromatic rings. The van der Waals surface area contributed by atoms with Crippen molar-refractivity contribution in [3.63, 3.8) is 0 Å². The SMILES string of the molecule is CN(C)C1CCCN(CCC2(N)CCCC2)C1. The predicted octanol–water partition coefficient (Wildman–Crippen LogP) is 1.67. The predicted molar refractivity (Wildman–Crippen MR) is 73.2 cm³/mol. The van der Waals surface area contributed by atoms with Gasteiger partial charge in [0.1, 0.15) is 0 Å². The lowest BCUT2D eigenvalue weighted by molar-refractivity contribution is 0.125. The van der Waals surface area contributed by atoms with Gasteiger partial charge in [0.15, 0.2) is 0 Å². The summed E-state index contributed by atoms with van der Waals surface area (Å²) in [4.78, 5) is 5.00. The van der Waals surface area contributed by atoms with Gasteiger partial charge in [-0.3, -0.25) is 0 Å². The Hall–Kier alpha value is -0.120. The molecule has 2 rings (SSSR count). The molecule has 0 aromatic carbocycles. The molecule has 1 heterocycles. The zero-order valence-corrected chi connectivity index (χ0v) is 11.6. The molecule has 2 N–H and O–H groups in total. The van der Waals surface area contributed by atoms with E-state index in [2.05, 4.69) is 23.9 Å². The molecule has 3 heteroatoms. The maximum absolute atomic E-state index is 6.43. The summed E-state index contributed by atoms with van der Waals surface area (Å²) in [7, 11) is 4.41. The van der Waals surface area contributed by atoms with E-state index in [1.807, 2.05) is 0 Å². The van der Waals surface area contributed by atoms with E-state index >= 15 is 0 Å². The molecule has 0 amide bonds. The first kappa shape index (κ1) is 13.3. The van der Waals surface area contributed by atoms with Crippen molar-refractivity contribution in [1.29, 1.82) is 0 Å². The van der Waals surface area contributed by atoms with Crippen LogP contribution in [-0.2, 0) is 0 Å². The Bertz CT molecular complexity index is 234. The molecule has 1 aliphatic heterocycles. The molecule has 2 aliphatic rings. The first-order valence-corrected chi connectivity index (χ1v) is 7.27. The van der Waals surface area contributed by atoms with Crippen molar-refractivity contribution >= 4 is 0 Å². The number of hydrogen-bond acceptors (Lipinski definition) is 3. The fourth-order valence-corrected chi connectivity index (χ4v) is 3.37. The third kappa shape index (κ3) is 3.67. The highest BCUT2D eigenvalue weighted by atomic mass is 15.2. The van der Waals surface area contributed by atoms with Crippen LogP contribution in [0.2, 0.25) is 0 Å². The molecule has 1 aliphatic carbocycles. The molecule has 1 saturated carbocycles. The van der Waals surface area contributed by atoms with Crippen LogP contribution in [0.4, 0.5) is 0 Å². The molecule has 100 valence electrons. The smallest absolute Gasteiger partial charge is 0.0217 e. The summed E-state index contributed by atoms with van der Waals surface area (Å²) in [5.41, 5.74) is 6.61. The van der Waals surface area contributed by atoms with Gasteiger partial charge in [-0.2, -0.15) is 0 Å². The highest BCUT2D eigenvalue weighted by Crippen LogP contribution is 2.30. The molecule has 2 fully saturated rings. The van der Waals surface area contributed by atoms with E-state index in [4.69, 9.17) is 5.73 Å². The molecule has 0 radical (unpaired) electrons. The standard InChI is InChI=1S/C14H29N3/c1-16(2)13-6-5-10-17(12-13)11-9-14(15)7-3-4-8-14/h13H,3-12,15H2,1-2H3. The van der Waals surface area contributed by atoms with Crippen LogP contribution in [0.3, 0.4) is 0 Å². The lowest BCUT2D eigenvalue weighted by atomic mass is 9.94. The molecule has 1 unspecified atom stereocenters. The summed E-state index contributed by atoms with van der Waals surface area (Å²) in [6.45, 7) is 3.73. The summed E-state index contributed by atoms with van der Waals surface area (Å²) in [6, 6.07) is 0.751. The molecule has 3 nitrogen and oxygen atoms in total. The van der Waals surface area contributed by atoms with Crippen LogP contribution in [0.15, 0.2) is 0 Å². The van der Waals surface area contributed by atoms with Crippen LogP contribution in [0.1, 0.15) is 44.9 Å². The molecule has 1 saturated heterocycles. The number of likely N-dealkylation sites (N-methyl/N-ethyl adjacent to an activating group) is 1. The summed E-state index contributed by atoms with van der Waals surface area (Å²) in [5.74, 6) is 0. The molecule has 0 spiro atoms. The van der Waals surface area contributed by atoms with Gasteiger partial charge < -0.3 is 15.5 Å². The molecule has 0 aromatic heterocycles. The van der Waals surface area contributed by atoms with Crippen molar-refractivity contribution < 1.29 is 0 Å². The highest BCUT2D eigenvalue weighted by molar-refractivity contribution is 4.90. The summed E-state index contributed by atoms with van der Waals surface area (Å²) in [6.07, 6.45) is 9.09. The van der Waals surface area contributed by atoms with E-state index in [-0.39, 0.29) is 5.54 Å². The number of piperidine rings is 1. The number of likely N-dealkylation sites (tertiary alicyclic amines) is 1. The number of nitrogens with zero attached hydrogens (tertiary/aromatic N) is 2. The monoisotopic (exact) mass is 239 g/mol. The largest absolute Gasteiger partial charge is 0.325 e. The second kappa shape index (κ2) is 5.68. The minimum absolute atomic E-state index is 0.172. The Balaban J connectivity index is 1.75. The third-order valence-corrected chi connectivity index (χ3v) is 4.74. The van der Waals surface area contributed by atoms with E-state index in [1.165, 1.54) is 64.6 Å². The normalized spacial score (nSPS) is 30.0. The molecular formula is C14H29N3. The van der Waals surface area contributed by atoms with Gasteiger partial charge in [-0.1, -0.05) is 12.8 Å². The zero-order chi connectivity index (χ0) is 12.3. The topological polar surface area (TPSA) is 32.5 Å². The number of hydrogen-bond donors (Lipinski definition) is 1. The summed E-state index contributed by atoms with van der Waals surface area (Å²) in [5, 5.41) is 0. The fourth-order valence-electron chi connectivity index (χ4n) is 3.37. The van der Waals surface area contributed by atoms with Gasteiger partial charge in [0.2, 0.25) is 0 Å². The minimum atomic E-state index is 0.172. The van der Waals surface area contributed by atoms with E-state index in [9.17, 15) is 0 Å². The lowest BCUT2D eigenvalue weighted by Crippen LogP contribution is -2.47. The second-order valence-corrected chi connectivity index (χ2v) is 6.38. The number of rotatable bonds is 4. The van der Waals surface area contributed by atoms with E-state index < -0.39 is 0 Å². The van der Waals surface area contributed by atoms with Gasteiger partial charge in [0.05, 0.1) is 0 Å². The van der Waals surface area contributed by atoms with E-state index in [1.54, 1.807) is 0 Å². The van der Waals surface area contributed by atoms with Gasteiger partial charge >= 0.3 is 0 Å². The van der Waals surface area contributed by atoms with E-state index in [0.29, 0.717) is 0 Å². The van der Waals surface area contributed by atoms with Crippen LogP contribution in [0.5, 0.6) is 0 Å². The highest BCUT2D eigenvalue weighted by Gasteiger charge is 2.30. The van der Waals surface area contributed by atoms with Crippen LogP contribution in [-0.4, -0.2) is 55.1 Å². The first-order valence-electron chi connectivity index (χ1n) is 7.27. The Morgan fingerprint density at radius 2 is 1.94 bits per heavy atom. The Labute approximate surface area is 106 Å². The van der Waals surface area contributed by atoms with Crippen LogP contribution >= 0.6 is 0 Å². The van der Waals surface area contributed by atoms with Crippen molar-refractivity contribution in [2.75, 3.05) is 33.7 Å². The van der Waals surface area contributed by atoms with Crippen LogP contribution in [0.25, 0.3) is 0 Å². The quantitative estimate of drug-likeness (QED) is 0.810. The molecule has 1 atom stereocenters. The average molecular weight is 239 g/mol.